The molecule has 0 radical (unpaired) electrons. The number of nitrogens with one attached hydrogen (secondary N) is 1. The van der Waals surface area contributed by atoms with Gasteiger partial charge in [0.05, 0.1) is 0 Å². The Balaban J connectivity index is 2.47. The second-order valence-electron chi connectivity index (χ2n) is 5.76. The summed E-state index contributed by atoms with van der Waals surface area (Å²) in [5, 5.41) is 14.5. The molecule has 23 heavy (non-hydrogen) atoms. The molecule has 2 N–H and O–H groups in total. The summed E-state index contributed by atoms with van der Waals surface area (Å²) in [6, 6.07) is 12.6. The van der Waals surface area contributed by atoms with Crippen LogP contribution in [0, 0.1) is 5.82 Å². The van der Waals surface area contributed by atoms with E-state index in [0.717, 1.165) is 29.3 Å². The number of halogens is 1. The van der Waals surface area contributed by atoms with Crippen molar-refractivity contribution in [3.63, 3.8) is 0 Å². The lowest BCUT2D eigenvalue weighted by molar-refractivity contribution is 0.448. The molecule has 0 aromatic heterocycles. The largest absolute Gasteiger partial charge is 0.508 e. The van der Waals surface area contributed by atoms with Crippen LogP contribution in [-0.2, 0) is 11.7 Å². The average Bonchev–Trinajstić information content (AvgIpc) is 2.56. The number of phenolic OH excluding ortho intramolecular Hbond substituents is 1. The van der Waals surface area contributed by atoms with E-state index < -0.39 is 0 Å². The van der Waals surface area contributed by atoms with Crippen molar-refractivity contribution in [2.75, 3.05) is 7.05 Å². The van der Waals surface area contributed by atoms with Crippen LogP contribution < -0.4 is 10.6 Å². The maximum Gasteiger partial charge on any atom is 0.123 e. The first-order chi connectivity index (χ1) is 11.1. The Bertz CT molecular complexity index is 656. The molecule has 0 spiro atoms. The Morgan fingerprint density at radius 1 is 1.13 bits per heavy atom. The Labute approximate surface area is 139 Å². The molecule has 0 fully saturated rings. The van der Waals surface area contributed by atoms with Gasteiger partial charge in [0.2, 0.25) is 0 Å². The lowest BCUT2D eigenvalue weighted by Crippen LogP contribution is -2.24. The van der Waals surface area contributed by atoms with Gasteiger partial charge in [0.25, 0.3) is 0 Å². The van der Waals surface area contributed by atoms with Crippen LogP contribution in [0.25, 0.3) is 0 Å². The van der Waals surface area contributed by atoms with Crippen molar-refractivity contribution >= 4 is 13.9 Å². The highest BCUT2D eigenvalue weighted by Gasteiger charge is 2.31. The zero-order chi connectivity index (χ0) is 16.9. The van der Waals surface area contributed by atoms with Crippen LogP contribution in [0.15, 0.2) is 42.5 Å². The predicted molar refractivity (Wildman–Crippen MR) is 97.5 cm³/mol. The fraction of sp³-hybridized carbons (Fsp3) is 0.368. The first-order valence-corrected chi connectivity index (χ1v) is 9.06. The highest BCUT2D eigenvalue weighted by atomic mass is 31.1. The Hall–Kier alpha value is -1.44. The standard InChI is InChI=1S/C19H25FNOP/c1-4-19(5-2,16-8-6-7-9-17(16)22)23-18-11-10-15(20)12-14(18)13-21-3/h6-12,21-23H,4-5,13H2,1-3H3. The molecular formula is C19H25FNOP. The molecule has 2 aromatic rings. The number of hydrogen-bond donors (Lipinski definition) is 2. The molecule has 124 valence electrons. The summed E-state index contributed by atoms with van der Waals surface area (Å²) in [6.45, 7) is 4.96. The van der Waals surface area contributed by atoms with Gasteiger partial charge in [-0.2, -0.15) is 0 Å². The van der Waals surface area contributed by atoms with Crippen LogP contribution in [0.2, 0.25) is 0 Å². The molecule has 1 atom stereocenters. The second kappa shape index (κ2) is 7.90. The molecule has 2 nitrogen and oxygen atoms in total. The zero-order valence-corrected chi connectivity index (χ0v) is 15.0. The van der Waals surface area contributed by atoms with Crippen molar-refractivity contribution in [3.8, 4) is 5.75 Å². The normalized spacial score (nSPS) is 12.2. The minimum absolute atomic E-state index is 0.119. The summed E-state index contributed by atoms with van der Waals surface area (Å²) >= 11 is 0. The summed E-state index contributed by atoms with van der Waals surface area (Å²) in [7, 11) is 2.35. The molecule has 0 heterocycles. The molecule has 2 rings (SSSR count). The molecule has 0 aliphatic rings. The van der Waals surface area contributed by atoms with Gasteiger partial charge in [-0.15, -0.1) is 0 Å². The molecule has 0 saturated heterocycles. The van der Waals surface area contributed by atoms with Crippen molar-refractivity contribution in [1.29, 1.82) is 0 Å². The first kappa shape index (κ1) is 17.9. The summed E-state index contributed by atoms with van der Waals surface area (Å²) in [6.07, 6.45) is 1.85. The van der Waals surface area contributed by atoms with Crippen LogP contribution in [0.3, 0.4) is 0 Å². The Kier molecular flexibility index (Phi) is 6.15. The third-order valence-corrected chi connectivity index (χ3v) is 6.65. The maximum absolute atomic E-state index is 13.6. The Morgan fingerprint density at radius 3 is 2.43 bits per heavy atom. The number of aromatic hydroxyl groups is 1. The highest BCUT2D eigenvalue weighted by Crippen LogP contribution is 2.49. The van der Waals surface area contributed by atoms with Gasteiger partial charge in [-0.1, -0.05) is 46.7 Å². The smallest absolute Gasteiger partial charge is 0.123 e. The molecule has 0 aliphatic carbocycles. The number of para-hydroxylation sites is 1. The van der Waals surface area contributed by atoms with Gasteiger partial charge in [-0.05, 0) is 49.0 Å². The van der Waals surface area contributed by atoms with Crippen LogP contribution in [-0.4, -0.2) is 12.2 Å². The molecule has 0 amide bonds. The van der Waals surface area contributed by atoms with Crippen LogP contribution in [0.1, 0.15) is 37.8 Å². The van der Waals surface area contributed by atoms with Crippen LogP contribution >= 0.6 is 8.58 Å². The van der Waals surface area contributed by atoms with Gasteiger partial charge in [0.15, 0.2) is 0 Å². The van der Waals surface area contributed by atoms with Crippen molar-refractivity contribution < 1.29 is 9.50 Å². The second-order valence-corrected chi connectivity index (χ2v) is 7.51. The topological polar surface area (TPSA) is 32.3 Å². The molecule has 0 saturated carbocycles. The molecule has 0 aliphatic heterocycles. The van der Waals surface area contributed by atoms with Gasteiger partial charge >= 0.3 is 0 Å². The molecule has 0 bridgehead atoms. The fourth-order valence-corrected chi connectivity index (χ4v) is 4.74. The van der Waals surface area contributed by atoms with Gasteiger partial charge in [-0.3, -0.25) is 0 Å². The summed E-state index contributed by atoms with van der Waals surface area (Å²) in [5.74, 6) is 0.144. The zero-order valence-electron chi connectivity index (χ0n) is 14.0. The molecule has 4 heteroatoms. The minimum Gasteiger partial charge on any atom is -0.508 e. The van der Waals surface area contributed by atoms with Crippen molar-refractivity contribution in [2.24, 2.45) is 0 Å². The molecular weight excluding hydrogens is 308 g/mol. The van der Waals surface area contributed by atoms with Gasteiger partial charge in [0.1, 0.15) is 11.6 Å². The lowest BCUT2D eigenvalue weighted by Gasteiger charge is -2.34. The van der Waals surface area contributed by atoms with E-state index in [1.807, 2.05) is 31.3 Å². The summed E-state index contributed by atoms with van der Waals surface area (Å²) < 4.78 is 13.6. The lowest BCUT2D eigenvalue weighted by atomic mass is 9.92. The monoisotopic (exact) mass is 333 g/mol. The highest BCUT2D eigenvalue weighted by molar-refractivity contribution is 7.48. The van der Waals surface area contributed by atoms with Gasteiger partial charge in [-0.25, -0.2) is 4.39 Å². The minimum atomic E-state index is -0.204. The fourth-order valence-electron chi connectivity index (χ4n) is 3.03. The molecule has 1 unspecified atom stereocenters. The van der Waals surface area contributed by atoms with Crippen molar-refractivity contribution in [1.82, 2.24) is 5.32 Å². The van der Waals surface area contributed by atoms with Crippen LogP contribution in [0.4, 0.5) is 4.39 Å². The van der Waals surface area contributed by atoms with E-state index in [1.54, 1.807) is 12.1 Å². The van der Waals surface area contributed by atoms with E-state index in [-0.39, 0.29) is 11.0 Å². The number of phenols is 1. The van der Waals surface area contributed by atoms with E-state index in [9.17, 15) is 9.50 Å². The van der Waals surface area contributed by atoms with Crippen LogP contribution in [0.5, 0.6) is 5.75 Å². The number of rotatable bonds is 7. The summed E-state index contributed by atoms with van der Waals surface area (Å²) in [5.41, 5.74) is 1.98. The van der Waals surface area contributed by atoms with E-state index in [0.29, 0.717) is 20.9 Å². The van der Waals surface area contributed by atoms with E-state index >= 15 is 0 Å². The average molecular weight is 333 g/mol. The SMILES string of the molecule is CCC(CC)(Pc1ccc(F)cc1CNC)c1ccccc1O. The molecule has 2 aromatic carbocycles. The van der Waals surface area contributed by atoms with E-state index in [1.165, 1.54) is 6.07 Å². The first-order valence-electron chi connectivity index (χ1n) is 8.06. The van der Waals surface area contributed by atoms with Gasteiger partial charge < -0.3 is 10.4 Å². The number of benzene rings is 2. The third kappa shape index (κ3) is 3.91. The Morgan fingerprint density at radius 2 is 1.83 bits per heavy atom. The predicted octanol–water partition coefficient (Wildman–Crippen LogP) is 4.27. The number of hydrogen-bond acceptors (Lipinski definition) is 2. The summed E-state index contributed by atoms with van der Waals surface area (Å²) in [4.78, 5) is 0. The van der Waals surface area contributed by atoms with E-state index in [2.05, 4.69) is 19.2 Å². The third-order valence-electron chi connectivity index (χ3n) is 4.44. The van der Waals surface area contributed by atoms with Gasteiger partial charge in [0, 0.05) is 17.3 Å². The maximum atomic E-state index is 13.6. The quantitative estimate of drug-likeness (QED) is 0.742. The van der Waals surface area contributed by atoms with Crippen molar-refractivity contribution in [2.45, 2.75) is 38.4 Å². The van der Waals surface area contributed by atoms with Crippen molar-refractivity contribution in [3.05, 3.63) is 59.4 Å². The van der Waals surface area contributed by atoms with E-state index in [4.69, 9.17) is 0 Å².